The second-order valence-electron chi connectivity index (χ2n) is 6.65. The monoisotopic (exact) mass is 412 g/mol. The highest BCUT2D eigenvalue weighted by Crippen LogP contribution is 2.45. The number of hydrogen-bond acceptors (Lipinski definition) is 9. The molecule has 1 amide bonds. The minimum absolute atomic E-state index is 0.310. The number of phenols is 3. The summed E-state index contributed by atoms with van der Waals surface area (Å²) in [6.07, 6.45) is 0.511. The maximum absolute atomic E-state index is 12.7. The van der Waals surface area contributed by atoms with Crippen molar-refractivity contribution in [1.82, 2.24) is 4.90 Å². The summed E-state index contributed by atoms with van der Waals surface area (Å²) in [6, 6.07) is 0.348. The molecule has 150 valence electrons. The Morgan fingerprint density at radius 2 is 1.93 bits per heavy atom. The van der Waals surface area contributed by atoms with Crippen LogP contribution in [0.5, 0.6) is 17.2 Å². The number of Topliss-reactive ketones (excluding diaryl/α,β-unsaturated/α-hetero) is 1. The Kier molecular flexibility index (Phi) is 4.34. The molecule has 2 heterocycles. The number of phenolic OH excluding ortho intramolecular Hbond substituents is 3. The van der Waals surface area contributed by atoms with Gasteiger partial charge in [-0.25, -0.2) is 13.2 Å². The Hall–Kier alpha value is -3.15. The zero-order chi connectivity index (χ0) is 21.0. The van der Waals surface area contributed by atoms with E-state index in [0.717, 1.165) is 30.2 Å². The van der Waals surface area contributed by atoms with Crippen LogP contribution < -0.4 is 0 Å². The highest BCUT2D eigenvalue weighted by molar-refractivity contribution is 7.94. The Bertz CT molecular complexity index is 1030. The fourth-order valence-electron chi connectivity index (χ4n) is 3.39. The number of fused-ring (bicyclic) bond motifs is 1. The fourth-order valence-corrected chi connectivity index (χ4v) is 5.63. The van der Waals surface area contributed by atoms with E-state index in [1.807, 2.05) is 0 Å². The molecule has 3 atom stereocenters. The Morgan fingerprint density at radius 3 is 2.50 bits per heavy atom. The molecule has 28 heavy (non-hydrogen) atoms. The molecule has 3 rings (SSSR count). The van der Waals surface area contributed by atoms with E-state index in [-0.39, 0.29) is 12.0 Å². The van der Waals surface area contributed by atoms with Gasteiger partial charge in [-0.2, -0.15) is 0 Å². The van der Waals surface area contributed by atoms with Gasteiger partial charge in [0.25, 0.3) is 0 Å². The molecular weight excluding hydrogens is 396 g/mol. The van der Waals surface area contributed by atoms with Crippen LogP contribution >= 0.6 is 0 Å². The van der Waals surface area contributed by atoms with Gasteiger partial charge in [0.2, 0.25) is 11.7 Å². The first-order chi connectivity index (χ1) is 12.9. The second kappa shape index (κ2) is 6.19. The first-order valence-corrected chi connectivity index (χ1v) is 9.53. The van der Waals surface area contributed by atoms with Crippen LogP contribution in [-0.4, -0.2) is 80.3 Å². The highest BCUT2D eigenvalue weighted by Gasteiger charge is 2.69. The van der Waals surface area contributed by atoms with Crippen molar-refractivity contribution in [3.05, 3.63) is 17.7 Å². The number of aliphatic carboxylic acids is 1. The molecule has 12 heteroatoms. The number of sulfone groups is 1. The molecule has 2 saturated heterocycles. The van der Waals surface area contributed by atoms with Crippen LogP contribution in [0.3, 0.4) is 0 Å². The summed E-state index contributed by atoms with van der Waals surface area (Å²) in [4.78, 5) is 40.0. The molecule has 11 nitrogen and oxygen atoms in total. The normalized spacial score (nSPS) is 28.2. The number of nitrogens with zero attached hydrogens (tertiary/aromatic N) is 2. The van der Waals surface area contributed by atoms with Gasteiger partial charge < -0.3 is 25.3 Å². The van der Waals surface area contributed by atoms with E-state index >= 15 is 0 Å². The van der Waals surface area contributed by atoms with E-state index in [0.29, 0.717) is 0 Å². The molecule has 0 unspecified atom stereocenters. The van der Waals surface area contributed by atoms with Crippen molar-refractivity contribution in [3.8, 4) is 17.2 Å². The number of benzene rings is 1. The fraction of sp³-hybridized carbons (Fsp3) is 0.375. The number of carboxylic acids is 1. The van der Waals surface area contributed by atoms with Crippen LogP contribution in [0, 0.1) is 0 Å². The number of carboxylic acid groups (broad SMARTS) is 1. The Labute approximate surface area is 158 Å². The third-order valence-corrected chi connectivity index (χ3v) is 7.65. The number of aliphatic imine (C=N–C) groups is 1. The molecule has 1 aromatic rings. The molecule has 0 bridgehead atoms. The zero-order valence-electron chi connectivity index (χ0n) is 14.4. The van der Waals surface area contributed by atoms with Gasteiger partial charge in [0.1, 0.15) is 16.7 Å². The molecule has 2 aliphatic rings. The number of β-lactam (4-membered cyclic amide) rings is 1. The van der Waals surface area contributed by atoms with Crippen LogP contribution in [0.2, 0.25) is 0 Å². The van der Waals surface area contributed by atoms with Crippen molar-refractivity contribution < 1.29 is 43.2 Å². The summed E-state index contributed by atoms with van der Waals surface area (Å²) >= 11 is 0. The third kappa shape index (κ3) is 2.52. The SMILES string of the molecule is C[C@]1(C=NCC(=O)c2ccc(O)c(O)c2O)[C@H](C(=O)O)N2C(=O)C[C@H]2S1(=O)=O. The number of rotatable bonds is 5. The van der Waals surface area contributed by atoms with Gasteiger partial charge in [-0.1, -0.05) is 0 Å². The second-order valence-corrected chi connectivity index (χ2v) is 9.17. The number of aromatic hydroxyl groups is 3. The molecule has 0 radical (unpaired) electrons. The first-order valence-electron chi connectivity index (χ1n) is 7.99. The van der Waals surface area contributed by atoms with Crippen molar-refractivity contribution in [3.63, 3.8) is 0 Å². The average molecular weight is 412 g/mol. The summed E-state index contributed by atoms with van der Waals surface area (Å²) in [5.41, 5.74) is -0.360. The smallest absolute Gasteiger partial charge is 0.328 e. The molecule has 0 spiro atoms. The van der Waals surface area contributed by atoms with Crippen LogP contribution in [0.15, 0.2) is 17.1 Å². The van der Waals surface area contributed by atoms with Crippen LogP contribution in [-0.2, 0) is 19.4 Å². The lowest BCUT2D eigenvalue weighted by Gasteiger charge is -2.35. The zero-order valence-corrected chi connectivity index (χ0v) is 15.3. The van der Waals surface area contributed by atoms with E-state index in [9.17, 15) is 43.2 Å². The summed E-state index contributed by atoms with van der Waals surface area (Å²) < 4.78 is 23.3. The van der Waals surface area contributed by atoms with Crippen molar-refractivity contribution in [2.45, 2.75) is 29.5 Å². The molecule has 2 aliphatic heterocycles. The van der Waals surface area contributed by atoms with Crippen LogP contribution in [0.4, 0.5) is 0 Å². The van der Waals surface area contributed by atoms with Crippen LogP contribution in [0.25, 0.3) is 0 Å². The average Bonchev–Trinajstić information content (AvgIpc) is 2.74. The lowest BCUT2D eigenvalue weighted by atomic mass is 9.97. The Morgan fingerprint density at radius 1 is 1.29 bits per heavy atom. The van der Waals surface area contributed by atoms with E-state index in [1.54, 1.807) is 0 Å². The standard InChI is InChI=1S/C16H16N2O9S/c1-16(14(15(24)25)18-10(21)4-11(18)28(16,26)27)6-17-5-9(20)7-2-3-8(19)13(23)12(7)22/h2-3,6,11,14,19,22-23H,4-5H2,1H3,(H,24,25)/t11-,14+,16+/m1/s1. The molecular formula is C16H16N2O9S. The van der Waals surface area contributed by atoms with Gasteiger partial charge in [0, 0.05) is 6.21 Å². The number of ketones is 1. The molecule has 2 fully saturated rings. The topological polar surface area (TPSA) is 182 Å². The van der Waals surface area contributed by atoms with Crippen molar-refractivity contribution in [1.29, 1.82) is 0 Å². The minimum atomic E-state index is -4.10. The van der Waals surface area contributed by atoms with Gasteiger partial charge in [0.05, 0.1) is 12.0 Å². The highest BCUT2D eigenvalue weighted by atomic mass is 32.2. The van der Waals surface area contributed by atoms with Gasteiger partial charge in [-0.15, -0.1) is 0 Å². The number of hydrogen-bond donors (Lipinski definition) is 4. The summed E-state index contributed by atoms with van der Waals surface area (Å²) in [6.45, 7) is 0.457. The minimum Gasteiger partial charge on any atom is -0.504 e. The van der Waals surface area contributed by atoms with Gasteiger partial charge in [0.15, 0.2) is 33.2 Å². The van der Waals surface area contributed by atoms with E-state index in [2.05, 4.69) is 4.99 Å². The van der Waals surface area contributed by atoms with Gasteiger partial charge in [-0.05, 0) is 19.1 Å². The lowest BCUT2D eigenvalue weighted by molar-refractivity contribution is -0.156. The van der Waals surface area contributed by atoms with Crippen LogP contribution in [0.1, 0.15) is 23.7 Å². The van der Waals surface area contributed by atoms with Gasteiger partial charge >= 0.3 is 5.97 Å². The lowest BCUT2D eigenvalue weighted by Crippen LogP contribution is -2.57. The molecule has 0 aliphatic carbocycles. The predicted octanol–water partition coefficient (Wildman–Crippen LogP) is -0.744. The van der Waals surface area contributed by atoms with Crippen molar-refractivity contribution in [2.24, 2.45) is 4.99 Å². The molecule has 0 aromatic heterocycles. The quantitative estimate of drug-likeness (QED) is 0.209. The predicted molar refractivity (Wildman–Crippen MR) is 93.1 cm³/mol. The molecule has 4 N–H and O–H groups in total. The first kappa shape index (κ1) is 19.6. The number of carbonyl (C=O) groups is 3. The third-order valence-electron chi connectivity index (χ3n) is 4.99. The van der Waals surface area contributed by atoms with E-state index < -0.39 is 67.5 Å². The number of amides is 1. The molecule has 0 saturated carbocycles. The van der Waals surface area contributed by atoms with Crippen molar-refractivity contribution >= 4 is 33.7 Å². The van der Waals surface area contributed by atoms with E-state index in [1.165, 1.54) is 0 Å². The largest absolute Gasteiger partial charge is 0.504 e. The molecule has 1 aromatic carbocycles. The van der Waals surface area contributed by atoms with Crippen molar-refractivity contribution in [2.75, 3.05) is 6.54 Å². The van der Waals surface area contributed by atoms with Gasteiger partial charge in [-0.3, -0.25) is 14.6 Å². The summed E-state index contributed by atoms with van der Waals surface area (Å²) in [5.74, 6) is -5.32. The maximum atomic E-state index is 12.7. The summed E-state index contributed by atoms with van der Waals surface area (Å²) in [7, 11) is -4.10. The summed E-state index contributed by atoms with van der Waals surface area (Å²) in [5, 5.41) is 36.6. The van der Waals surface area contributed by atoms with E-state index in [4.69, 9.17) is 0 Å². The number of carbonyl (C=O) groups excluding carboxylic acids is 2. The maximum Gasteiger partial charge on any atom is 0.328 e. The Balaban J connectivity index is 1.88.